The molecule has 1 heterocycles. The summed E-state index contributed by atoms with van der Waals surface area (Å²) in [6.45, 7) is 5.68. The van der Waals surface area contributed by atoms with Crippen molar-refractivity contribution in [2.45, 2.75) is 33.2 Å². The number of rotatable bonds is 6. The van der Waals surface area contributed by atoms with Crippen LogP contribution in [0.4, 0.5) is 0 Å². The summed E-state index contributed by atoms with van der Waals surface area (Å²) in [6.07, 6.45) is 1.67. The zero-order valence-electron chi connectivity index (χ0n) is 13.1. The molecule has 0 aromatic heterocycles. The van der Waals surface area contributed by atoms with Gasteiger partial charge < -0.3 is 19.7 Å². The summed E-state index contributed by atoms with van der Waals surface area (Å²) in [5, 5.41) is 2.66. The Morgan fingerprint density at radius 1 is 1.14 bits per heavy atom. The van der Waals surface area contributed by atoms with Gasteiger partial charge in [-0.05, 0) is 30.5 Å². The van der Waals surface area contributed by atoms with E-state index < -0.39 is 11.8 Å². The molecule has 0 aliphatic carbocycles. The highest BCUT2D eigenvalue weighted by Gasteiger charge is 2.20. The molecule has 2 amide bonds. The van der Waals surface area contributed by atoms with Crippen LogP contribution < -0.4 is 14.8 Å². The van der Waals surface area contributed by atoms with E-state index in [4.69, 9.17) is 9.47 Å². The third-order valence-corrected chi connectivity index (χ3v) is 3.36. The minimum atomic E-state index is -0.570. The average Bonchev–Trinajstić information content (AvgIpc) is 2.99. The summed E-state index contributed by atoms with van der Waals surface area (Å²) in [5.74, 6) is 0.323. The Hall–Kier alpha value is -2.24. The van der Waals surface area contributed by atoms with Crippen LogP contribution in [-0.2, 0) is 16.1 Å². The zero-order valence-corrected chi connectivity index (χ0v) is 13.1. The van der Waals surface area contributed by atoms with Crippen molar-refractivity contribution in [3.05, 3.63) is 23.8 Å². The number of fused-ring (bicyclic) bond motifs is 1. The van der Waals surface area contributed by atoms with E-state index in [2.05, 4.69) is 5.32 Å². The molecular weight excluding hydrogens is 284 g/mol. The van der Waals surface area contributed by atoms with Crippen LogP contribution in [-0.4, -0.2) is 36.6 Å². The summed E-state index contributed by atoms with van der Waals surface area (Å²) >= 11 is 0. The van der Waals surface area contributed by atoms with Crippen LogP contribution in [0, 0.1) is 0 Å². The lowest BCUT2D eigenvalue weighted by Crippen LogP contribution is -2.43. The fourth-order valence-corrected chi connectivity index (χ4v) is 2.31. The van der Waals surface area contributed by atoms with E-state index in [-0.39, 0.29) is 13.3 Å². The van der Waals surface area contributed by atoms with Crippen LogP contribution in [0.25, 0.3) is 0 Å². The summed E-state index contributed by atoms with van der Waals surface area (Å²) in [4.78, 5) is 25.7. The fourth-order valence-electron chi connectivity index (χ4n) is 2.31. The van der Waals surface area contributed by atoms with E-state index in [1.165, 1.54) is 0 Å². The second-order valence-electron chi connectivity index (χ2n) is 5.16. The van der Waals surface area contributed by atoms with Crippen molar-refractivity contribution in [3.8, 4) is 11.5 Å². The highest BCUT2D eigenvalue weighted by molar-refractivity contribution is 6.34. The van der Waals surface area contributed by atoms with Crippen molar-refractivity contribution in [2.75, 3.05) is 19.9 Å². The van der Waals surface area contributed by atoms with Gasteiger partial charge in [-0.15, -0.1) is 0 Å². The van der Waals surface area contributed by atoms with E-state index in [9.17, 15) is 9.59 Å². The minimum absolute atomic E-state index is 0.215. The van der Waals surface area contributed by atoms with Gasteiger partial charge in [0.15, 0.2) is 11.5 Å². The molecule has 1 N–H and O–H groups in total. The molecule has 0 bridgehead atoms. The molecule has 0 saturated carbocycles. The zero-order chi connectivity index (χ0) is 15.9. The maximum absolute atomic E-state index is 12.1. The Balaban J connectivity index is 1.90. The molecule has 1 aliphatic rings. The average molecular weight is 306 g/mol. The molecule has 1 aromatic carbocycles. The maximum atomic E-state index is 12.1. The lowest BCUT2D eigenvalue weighted by molar-refractivity contribution is -0.146. The Kier molecular flexibility index (Phi) is 5.63. The van der Waals surface area contributed by atoms with Crippen LogP contribution in [0.3, 0.4) is 0 Å². The molecule has 0 unspecified atom stereocenters. The first-order valence-electron chi connectivity index (χ1n) is 7.61. The SMILES string of the molecule is CCCN(CCC)C(=O)C(=O)NCc1ccc2c(c1)OCO2. The molecule has 22 heavy (non-hydrogen) atoms. The standard InChI is InChI=1S/C16H22N2O4/c1-3-7-18(8-4-2)16(20)15(19)17-10-12-5-6-13-14(9-12)22-11-21-13/h5-6,9H,3-4,7-8,10-11H2,1-2H3,(H,17,19). The third kappa shape index (κ3) is 3.90. The second kappa shape index (κ2) is 7.68. The number of hydrogen-bond acceptors (Lipinski definition) is 4. The molecule has 120 valence electrons. The van der Waals surface area contributed by atoms with Crippen molar-refractivity contribution in [2.24, 2.45) is 0 Å². The monoisotopic (exact) mass is 306 g/mol. The molecule has 1 aromatic rings. The van der Waals surface area contributed by atoms with Crippen LogP contribution in [0.2, 0.25) is 0 Å². The number of nitrogens with zero attached hydrogens (tertiary/aromatic N) is 1. The fraction of sp³-hybridized carbons (Fsp3) is 0.500. The quantitative estimate of drug-likeness (QED) is 0.812. The maximum Gasteiger partial charge on any atom is 0.311 e. The first-order chi connectivity index (χ1) is 10.7. The van der Waals surface area contributed by atoms with E-state index in [0.29, 0.717) is 24.6 Å². The summed E-state index contributed by atoms with van der Waals surface area (Å²) in [5.41, 5.74) is 0.864. The van der Waals surface area contributed by atoms with Gasteiger partial charge in [0, 0.05) is 19.6 Å². The van der Waals surface area contributed by atoms with Gasteiger partial charge in [-0.2, -0.15) is 0 Å². The third-order valence-electron chi connectivity index (χ3n) is 3.36. The molecular formula is C16H22N2O4. The molecule has 6 heteroatoms. The highest BCUT2D eigenvalue weighted by Crippen LogP contribution is 2.32. The number of hydrogen-bond donors (Lipinski definition) is 1. The van der Waals surface area contributed by atoms with E-state index in [1.807, 2.05) is 26.0 Å². The van der Waals surface area contributed by atoms with Crippen molar-refractivity contribution in [1.82, 2.24) is 10.2 Å². The Bertz CT molecular complexity index is 539. The van der Waals surface area contributed by atoms with Gasteiger partial charge in [0.2, 0.25) is 6.79 Å². The van der Waals surface area contributed by atoms with Crippen molar-refractivity contribution < 1.29 is 19.1 Å². The summed E-state index contributed by atoms with van der Waals surface area (Å²) in [7, 11) is 0. The lowest BCUT2D eigenvalue weighted by Gasteiger charge is -2.20. The summed E-state index contributed by atoms with van der Waals surface area (Å²) < 4.78 is 10.5. The van der Waals surface area contributed by atoms with Crippen LogP contribution in [0.1, 0.15) is 32.3 Å². The molecule has 2 rings (SSSR count). The van der Waals surface area contributed by atoms with Crippen molar-refractivity contribution in [3.63, 3.8) is 0 Å². The number of carbonyl (C=O) groups is 2. The van der Waals surface area contributed by atoms with Gasteiger partial charge in [-0.25, -0.2) is 0 Å². The first-order valence-corrected chi connectivity index (χ1v) is 7.61. The molecule has 0 radical (unpaired) electrons. The Morgan fingerprint density at radius 3 is 2.50 bits per heavy atom. The topological polar surface area (TPSA) is 67.9 Å². The number of nitrogens with one attached hydrogen (secondary N) is 1. The Morgan fingerprint density at radius 2 is 1.82 bits per heavy atom. The minimum Gasteiger partial charge on any atom is -0.454 e. The van der Waals surface area contributed by atoms with Crippen molar-refractivity contribution >= 4 is 11.8 Å². The van der Waals surface area contributed by atoms with E-state index >= 15 is 0 Å². The van der Waals surface area contributed by atoms with Gasteiger partial charge in [0.1, 0.15) is 0 Å². The number of benzene rings is 1. The normalized spacial score (nSPS) is 12.1. The second-order valence-corrected chi connectivity index (χ2v) is 5.16. The smallest absolute Gasteiger partial charge is 0.311 e. The largest absolute Gasteiger partial charge is 0.454 e. The van der Waals surface area contributed by atoms with Crippen LogP contribution >= 0.6 is 0 Å². The van der Waals surface area contributed by atoms with Crippen LogP contribution in [0.5, 0.6) is 11.5 Å². The first kappa shape index (κ1) is 16.1. The molecule has 0 spiro atoms. The van der Waals surface area contributed by atoms with E-state index in [1.54, 1.807) is 11.0 Å². The molecule has 0 fully saturated rings. The van der Waals surface area contributed by atoms with Crippen LogP contribution in [0.15, 0.2) is 18.2 Å². The Labute approximate surface area is 130 Å². The van der Waals surface area contributed by atoms with Gasteiger partial charge in [-0.3, -0.25) is 9.59 Å². The van der Waals surface area contributed by atoms with Gasteiger partial charge in [0.05, 0.1) is 0 Å². The van der Waals surface area contributed by atoms with E-state index in [0.717, 1.165) is 18.4 Å². The number of carbonyl (C=O) groups excluding carboxylic acids is 2. The predicted octanol–water partition coefficient (Wildman–Crippen LogP) is 1.68. The lowest BCUT2D eigenvalue weighted by atomic mass is 10.2. The predicted molar refractivity (Wildman–Crippen MR) is 81.6 cm³/mol. The van der Waals surface area contributed by atoms with Gasteiger partial charge in [-0.1, -0.05) is 19.9 Å². The molecule has 6 nitrogen and oxygen atoms in total. The van der Waals surface area contributed by atoms with Crippen molar-refractivity contribution in [1.29, 1.82) is 0 Å². The van der Waals surface area contributed by atoms with Gasteiger partial charge >= 0.3 is 11.8 Å². The molecule has 0 saturated heterocycles. The molecule has 0 atom stereocenters. The molecule has 1 aliphatic heterocycles. The number of amides is 2. The number of ether oxygens (including phenoxy) is 2. The van der Waals surface area contributed by atoms with Gasteiger partial charge in [0.25, 0.3) is 0 Å². The summed E-state index contributed by atoms with van der Waals surface area (Å²) in [6, 6.07) is 5.45. The highest BCUT2D eigenvalue weighted by atomic mass is 16.7.